The van der Waals surface area contributed by atoms with Gasteiger partial charge in [0, 0.05) is 12.0 Å². The minimum Gasteiger partial charge on any atom is -0.493 e. The van der Waals surface area contributed by atoms with Crippen molar-refractivity contribution in [3.8, 4) is 5.75 Å². The number of fused-ring (bicyclic) bond motifs is 1. The maximum Gasteiger partial charge on any atom is 0.164 e. The van der Waals surface area contributed by atoms with Crippen molar-refractivity contribution < 1.29 is 4.74 Å². The maximum absolute atomic E-state index is 5.51. The maximum atomic E-state index is 5.51. The molecule has 0 aliphatic carbocycles. The van der Waals surface area contributed by atoms with Crippen LogP contribution in [-0.2, 0) is 0 Å². The molecule has 14 heavy (non-hydrogen) atoms. The standard InChI is InChI=1S/C10H12N2OS/c11-10(14)12-8-5-6-13-9-4-2-1-3-7(8)9/h1-4,8H,5-6H2,(H3,11,12,14)/t8-/m0/s1. The molecule has 0 amide bonds. The van der Waals surface area contributed by atoms with E-state index in [0.29, 0.717) is 11.7 Å². The van der Waals surface area contributed by atoms with Gasteiger partial charge < -0.3 is 15.8 Å². The molecule has 0 spiro atoms. The number of thiocarbonyl (C=S) groups is 1. The number of nitrogens with two attached hydrogens (primary N) is 1. The van der Waals surface area contributed by atoms with Crippen molar-refractivity contribution in [1.29, 1.82) is 0 Å². The fraction of sp³-hybridized carbons (Fsp3) is 0.300. The molecule has 3 N–H and O–H groups in total. The molecule has 0 aromatic heterocycles. The molecular formula is C10H12N2OS. The van der Waals surface area contributed by atoms with Crippen molar-refractivity contribution in [2.45, 2.75) is 12.5 Å². The van der Waals surface area contributed by atoms with E-state index in [4.69, 9.17) is 22.7 Å². The molecule has 0 radical (unpaired) electrons. The average Bonchev–Trinajstić information content (AvgIpc) is 2.18. The average molecular weight is 208 g/mol. The highest BCUT2D eigenvalue weighted by Crippen LogP contribution is 2.31. The fourth-order valence-corrected chi connectivity index (χ4v) is 1.81. The second kappa shape index (κ2) is 3.84. The first-order chi connectivity index (χ1) is 6.77. The van der Waals surface area contributed by atoms with Crippen LogP contribution in [0.15, 0.2) is 24.3 Å². The number of hydrogen-bond acceptors (Lipinski definition) is 2. The summed E-state index contributed by atoms with van der Waals surface area (Å²) >= 11 is 4.83. The topological polar surface area (TPSA) is 47.3 Å². The summed E-state index contributed by atoms with van der Waals surface area (Å²) in [6.45, 7) is 0.706. The highest BCUT2D eigenvalue weighted by atomic mass is 32.1. The number of benzene rings is 1. The van der Waals surface area contributed by atoms with Crippen LogP contribution in [0.3, 0.4) is 0 Å². The molecular weight excluding hydrogens is 196 g/mol. The Morgan fingerprint density at radius 2 is 2.29 bits per heavy atom. The molecule has 1 atom stereocenters. The van der Waals surface area contributed by atoms with Gasteiger partial charge in [-0.2, -0.15) is 0 Å². The zero-order chi connectivity index (χ0) is 9.97. The quantitative estimate of drug-likeness (QED) is 0.684. The van der Waals surface area contributed by atoms with E-state index in [2.05, 4.69) is 5.32 Å². The first kappa shape index (κ1) is 9.27. The summed E-state index contributed by atoms with van der Waals surface area (Å²) in [4.78, 5) is 0. The zero-order valence-corrected chi connectivity index (χ0v) is 8.51. The molecule has 1 heterocycles. The largest absolute Gasteiger partial charge is 0.493 e. The normalized spacial score (nSPS) is 19.3. The van der Waals surface area contributed by atoms with E-state index < -0.39 is 0 Å². The van der Waals surface area contributed by atoms with Gasteiger partial charge in [0.2, 0.25) is 0 Å². The Morgan fingerprint density at radius 3 is 3.07 bits per heavy atom. The molecule has 4 heteroatoms. The molecule has 0 fully saturated rings. The highest BCUT2D eigenvalue weighted by Gasteiger charge is 2.20. The molecule has 74 valence electrons. The summed E-state index contributed by atoms with van der Waals surface area (Å²) in [5.74, 6) is 0.924. The molecule has 2 rings (SSSR count). The summed E-state index contributed by atoms with van der Waals surface area (Å²) in [5.41, 5.74) is 6.59. The Labute approximate surface area is 88.2 Å². The number of ether oxygens (including phenoxy) is 1. The van der Waals surface area contributed by atoms with Crippen molar-refractivity contribution in [1.82, 2.24) is 5.32 Å². The molecule has 0 saturated heterocycles. The van der Waals surface area contributed by atoms with Crippen molar-refractivity contribution in [3.63, 3.8) is 0 Å². The van der Waals surface area contributed by atoms with Crippen molar-refractivity contribution in [2.75, 3.05) is 6.61 Å². The minimum absolute atomic E-state index is 0.192. The van der Waals surface area contributed by atoms with Crippen molar-refractivity contribution >= 4 is 17.3 Å². The van der Waals surface area contributed by atoms with Gasteiger partial charge in [-0.05, 0) is 18.3 Å². The van der Waals surface area contributed by atoms with E-state index in [9.17, 15) is 0 Å². The molecule has 1 aromatic carbocycles. The lowest BCUT2D eigenvalue weighted by Gasteiger charge is -2.26. The Kier molecular flexibility index (Phi) is 2.54. The predicted octanol–water partition coefficient (Wildman–Crippen LogP) is 1.34. The number of rotatable bonds is 1. The van der Waals surface area contributed by atoms with E-state index in [1.54, 1.807) is 0 Å². The Balaban J connectivity index is 2.26. The van der Waals surface area contributed by atoms with Gasteiger partial charge in [-0.1, -0.05) is 18.2 Å². The van der Waals surface area contributed by atoms with Crippen LogP contribution in [0.5, 0.6) is 5.75 Å². The first-order valence-corrected chi connectivity index (χ1v) is 4.96. The van der Waals surface area contributed by atoms with Gasteiger partial charge in [0.25, 0.3) is 0 Å². The Hall–Kier alpha value is -1.29. The summed E-state index contributed by atoms with van der Waals surface area (Å²) in [6, 6.07) is 8.13. The van der Waals surface area contributed by atoms with Gasteiger partial charge in [-0.15, -0.1) is 0 Å². The van der Waals surface area contributed by atoms with E-state index in [0.717, 1.165) is 17.7 Å². The third-order valence-corrected chi connectivity index (χ3v) is 2.39. The molecule has 3 nitrogen and oxygen atoms in total. The number of nitrogens with one attached hydrogen (secondary N) is 1. The van der Waals surface area contributed by atoms with Crippen LogP contribution in [0.1, 0.15) is 18.0 Å². The van der Waals surface area contributed by atoms with Gasteiger partial charge in [0.15, 0.2) is 5.11 Å². The van der Waals surface area contributed by atoms with Crippen LogP contribution in [0.2, 0.25) is 0 Å². The second-order valence-electron chi connectivity index (χ2n) is 3.24. The zero-order valence-electron chi connectivity index (χ0n) is 7.69. The molecule has 1 aliphatic rings. The summed E-state index contributed by atoms with van der Waals surface area (Å²) in [6.07, 6.45) is 0.897. The van der Waals surface area contributed by atoms with Crippen molar-refractivity contribution in [2.24, 2.45) is 5.73 Å². The van der Waals surface area contributed by atoms with Gasteiger partial charge in [-0.3, -0.25) is 0 Å². The van der Waals surface area contributed by atoms with Gasteiger partial charge in [-0.25, -0.2) is 0 Å². The van der Waals surface area contributed by atoms with Crippen LogP contribution in [0.4, 0.5) is 0 Å². The van der Waals surface area contributed by atoms with E-state index in [-0.39, 0.29) is 6.04 Å². The minimum atomic E-state index is 0.192. The lowest BCUT2D eigenvalue weighted by Crippen LogP contribution is -2.35. The molecule has 1 aliphatic heterocycles. The predicted molar refractivity (Wildman–Crippen MR) is 59.2 cm³/mol. The van der Waals surface area contributed by atoms with Crippen LogP contribution in [0.25, 0.3) is 0 Å². The van der Waals surface area contributed by atoms with Gasteiger partial charge >= 0.3 is 0 Å². The Morgan fingerprint density at radius 1 is 1.50 bits per heavy atom. The SMILES string of the molecule is NC(=S)N[C@H]1CCOc2ccccc21. The monoisotopic (exact) mass is 208 g/mol. The summed E-state index contributed by atoms with van der Waals surface area (Å²) in [7, 11) is 0. The first-order valence-electron chi connectivity index (χ1n) is 4.55. The molecule has 0 unspecified atom stereocenters. The van der Waals surface area contributed by atoms with Gasteiger partial charge in [0.05, 0.1) is 12.6 Å². The van der Waals surface area contributed by atoms with E-state index in [1.807, 2.05) is 24.3 Å². The molecule has 0 saturated carbocycles. The van der Waals surface area contributed by atoms with Gasteiger partial charge in [0.1, 0.15) is 5.75 Å². The second-order valence-corrected chi connectivity index (χ2v) is 3.68. The summed E-state index contributed by atoms with van der Waals surface area (Å²) in [5, 5.41) is 3.41. The van der Waals surface area contributed by atoms with Crippen LogP contribution >= 0.6 is 12.2 Å². The van der Waals surface area contributed by atoms with Crippen LogP contribution in [0, 0.1) is 0 Å². The lowest BCUT2D eigenvalue weighted by molar-refractivity contribution is 0.262. The fourth-order valence-electron chi connectivity index (χ4n) is 1.66. The Bertz CT molecular complexity index is 354. The highest BCUT2D eigenvalue weighted by molar-refractivity contribution is 7.80. The third kappa shape index (κ3) is 1.80. The van der Waals surface area contributed by atoms with Crippen LogP contribution < -0.4 is 15.8 Å². The smallest absolute Gasteiger partial charge is 0.164 e. The van der Waals surface area contributed by atoms with Crippen molar-refractivity contribution in [3.05, 3.63) is 29.8 Å². The molecule has 1 aromatic rings. The number of para-hydroxylation sites is 1. The molecule has 0 bridgehead atoms. The number of hydrogen-bond donors (Lipinski definition) is 2. The summed E-state index contributed by atoms with van der Waals surface area (Å²) < 4.78 is 5.51. The van der Waals surface area contributed by atoms with E-state index in [1.165, 1.54) is 0 Å². The third-order valence-electron chi connectivity index (χ3n) is 2.28. The van der Waals surface area contributed by atoms with E-state index >= 15 is 0 Å². The lowest BCUT2D eigenvalue weighted by atomic mass is 10.0. The van der Waals surface area contributed by atoms with Crippen LogP contribution in [-0.4, -0.2) is 11.7 Å².